The molecule has 1 aliphatic heterocycles. The van der Waals surface area contributed by atoms with Crippen molar-refractivity contribution in [2.24, 2.45) is 4.99 Å². The fourth-order valence-electron chi connectivity index (χ4n) is 3.67. The Kier molecular flexibility index (Phi) is 6.74. The van der Waals surface area contributed by atoms with Crippen LogP contribution in [0.2, 0.25) is 10.0 Å². The molecule has 1 unspecified atom stereocenters. The van der Waals surface area contributed by atoms with E-state index in [9.17, 15) is 9.59 Å². The van der Waals surface area contributed by atoms with E-state index in [0.29, 0.717) is 42.0 Å². The Labute approximate surface area is 204 Å². The van der Waals surface area contributed by atoms with Gasteiger partial charge in [-0.1, -0.05) is 58.8 Å². The second-order valence-electron chi connectivity index (χ2n) is 7.22. The molecule has 1 atom stereocenters. The van der Waals surface area contributed by atoms with Gasteiger partial charge in [0.25, 0.3) is 5.56 Å². The zero-order valence-electron chi connectivity index (χ0n) is 18.1. The molecule has 0 radical (unpaired) electrons. The zero-order chi connectivity index (χ0) is 23.7. The Balaban J connectivity index is 1.96. The first-order chi connectivity index (χ1) is 15.8. The van der Waals surface area contributed by atoms with Gasteiger partial charge in [0, 0.05) is 0 Å². The number of hydrogen-bond acceptors (Lipinski definition) is 6. The maximum absolute atomic E-state index is 13.6. The SMILES string of the molecule is CCOC(=O)C1=C(C)N=c2s/c(=C\c3cccc(Cl)c3Cl)c(=O)n2C1c1ccc(OC)cc1. The number of carbonyl (C=O) groups is 1. The third-order valence-corrected chi connectivity index (χ3v) is 7.03. The molecule has 0 saturated carbocycles. The van der Waals surface area contributed by atoms with Crippen LogP contribution in [0.25, 0.3) is 6.08 Å². The smallest absolute Gasteiger partial charge is 0.338 e. The van der Waals surface area contributed by atoms with Crippen LogP contribution in [0, 0.1) is 0 Å². The molecule has 6 nitrogen and oxygen atoms in total. The number of halogens is 2. The number of carbonyl (C=O) groups excluding carboxylic acids is 1. The van der Waals surface area contributed by atoms with E-state index in [1.807, 2.05) is 12.1 Å². The Morgan fingerprint density at radius 1 is 1.21 bits per heavy atom. The number of ether oxygens (including phenoxy) is 2. The number of aromatic nitrogens is 1. The summed E-state index contributed by atoms with van der Waals surface area (Å²) in [6.07, 6.45) is 1.69. The molecule has 0 saturated heterocycles. The van der Waals surface area contributed by atoms with Crippen LogP contribution in [0.4, 0.5) is 0 Å². The molecule has 0 bridgehead atoms. The molecule has 0 amide bonds. The highest BCUT2D eigenvalue weighted by Crippen LogP contribution is 2.32. The number of hydrogen-bond donors (Lipinski definition) is 0. The predicted octanol–water partition coefficient (Wildman–Crippen LogP) is 4.11. The average molecular weight is 503 g/mol. The standard InChI is InChI=1S/C24H20Cl2N2O4S/c1-4-32-23(30)19-13(2)27-24-28(21(19)14-8-10-16(31-3)11-9-14)22(29)18(33-24)12-15-6-5-7-17(25)20(15)26/h5-12,21H,4H2,1-3H3/b18-12-. The number of fused-ring (bicyclic) bond motifs is 1. The minimum absolute atomic E-state index is 0.211. The van der Waals surface area contributed by atoms with Gasteiger partial charge in [-0.3, -0.25) is 9.36 Å². The Hall–Kier alpha value is -2.87. The lowest BCUT2D eigenvalue weighted by Gasteiger charge is -2.24. The topological polar surface area (TPSA) is 69.9 Å². The summed E-state index contributed by atoms with van der Waals surface area (Å²) in [5, 5.41) is 0.759. The molecule has 0 spiro atoms. The van der Waals surface area contributed by atoms with E-state index in [0.717, 1.165) is 5.56 Å². The molecule has 33 heavy (non-hydrogen) atoms. The Morgan fingerprint density at radius 3 is 2.61 bits per heavy atom. The van der Waals surface area contributed by atoms with Gasteiger partial charge in [-0.2, -0.15) is 0 Å². The number of thiazole rings is 1. The van der Waals surface area contributed by atoms with Crippen molar-refractivity contribution < 1.29 is 14.3 Å². The molecule has 0 N–H and O–H groups in total. The maximum atomic E-state index is 13.6. The largest absolute Gasteiger partial charge is 0.497 e. The summed E-state index contributed by atoms with van der Waals surface area (Å²) in [6.45, 7) is 3.69. The molecule has 170 valence electrons. The summed E-state index contributed by atoms with van der Waals surface area (Å²) < 4.78 is 12.5. The number of esters is 1. The summed E-state index contributed by atoms with van der Waals surface area (Å²) in [4.78, 5) is 31.5. The molecular weight excluding hydrogens is 483 g/mol. The molecule has 1 aliphatic rings. The number of allylic oxidation sites excluding steroid dienone is 1. The fourth-order valence-corrected chi connectivity index (χ4v) is 5.07. The zero-order valence-corrected chi connectivity index (χ0v) is 20.4. The highest BCUT2D eigenvalue weighted by molar-refractivity contribution is 7.07. The third-order valence-electron chi connectivity index (χ3n) is 5.22. The molecule has 0 fully saturated rings. The van der Waals surface area contributed by atoms with Gasteiger partial charge in [-0.25, -0.2) is 9.79 Å². The van der Waals surface area contributed by atoms with E-state index in [1.54, 1.807) is 57.4 Å². The van der Waals surface area contributed by atoms with Crippen molar-refractivity contribution in [2.45, 2.75) is 19.9 Å². The van der Waals surface area contributed by atoms with Crippen molar-refractivity contribution in [3.05, 3.63) is 94.6 Å². The van der Waals surface area contributed by atoms with Gasteiger partial charge in [0.15, 0.2) is 4.80 Å². The molecule has 0 aliphatic carbocycles. The molecular formula is C24H20Cl2N2O4S. The van der Waals surface area contributed by atoms with E-state index in [1.165, 1.54) is 15.9 Å². The summed E-state index contributed by atoms with van der Waals surface area (Å²) in [5.41, 5.74) is 1.90. The van der Waals surface area contributed by atoms with Crippen molar-refractivity contribution in [1.29, 1.82) is 0 Å². The van der Waals surface area contributed by atoms with Gasteiger partial charge in [0.05, 0.1) is 45.6 Å². The van der Waals surface area contributed by atoms with Crippen LogP contribution >= 0.6 is 34.5 Å². The summed E-state index contributed by atoms with van der Waals surface area (Å²) >= 11 is 13.7. The molecule has 3 aromatic rings. The van der Waals surface area contributed by atoms with E-state index in [-0.39, 0.29) is 12.2 Å². The van der Waals surface area contributed by atoms with E-state index >= 15 is 0 Å². The van der Waals surface area contributed by atoms with Crippen molar-refractivity contribution >= 4 is 46.6 Å². The molecule has 9 heteroatoms. The van der Waals surface area contributed by atoms with Crippen molar-refractivity contribution in [1.82, 2.24) is 4.57 Å². The quantitative estimate of drug-likeness (QED) is 0.492. The lowest BCUT2D eigenvalue weighted by Crippen LogP contribution is -2.39. The van der Waals surface area contributed by atoms with Crippen LogP contribution in [0.3, 0.4) is 0 Å². The maximum Gasteiger partial charge on any atom is 0.338 e. The van der Waals surface area contributed by atoms with E-state index in [2.05, 4.69) is 4.99 Å². The summed E-state index contributed by atoms with van der Waals surface area (Å²) in [7, 11) is 1.58. The highest BCUT2D eigenvalue weighted by atomic mass is 35.5. The minimum Gasteiger partial charge on any atom is -0.497 e. The van der Waals surface area contributed by atoms with Crippen molar-refractivity contribution in [2.75, 3.05) is 13.7 Å². The lowest BCUT2D eigenvalue weighted by atomic mass is 9.96. The monoisotopic (exact) mass is 502 g/mol. The summed E-state index contributed by atoms with van der Waals surface area (Å²) in [6, 6.07) is 11.8. The highest BCUT2D eigenvalue weighted by Gasteiger charge is 2.33. The number of benzene rings is 2. The third kappa shape index (κ3) is 4.36. The van der Waals surface area contributed by atoms with Crippen LogP contribution in [0.5, 0.6) is 5.75 Å². The first-order valence-electron chi connectivity index (χ1n) is 10.1. The lowest BCUT2D eigenvalue weighted by molar-refractivity contribution is -0.139. The van der Waals surface area contributed by atoms with Gasteiger partial charge < -0.3 is 9.47 Å². The first kappa shape index (κ1) is 23.3. The minimum atomic E-state index is -0.691. The van der Waals surface area contributed by atoms with Gasteiger partial charge in [-0.05, 0) is 49.2 Å². The van der Waals surface area contributed by atoms with Crippen molar-refractivity contribution in [3.63, 3.8) is 0 Å². The molecule has 4 rings (SSSR count). The fraction of sp³-hybridized carbons (Fsp3) is 0.208. The predicted molar refractivity (Wildman–Crippen MR) is 130 cm³/mol. The normalized spacial score (nSPS) is 15.8. The van der Waals surface area contributed by atoms with Crippen molar-refractivity contribution in [3.8, 4) is 5.75 Å². The second-order valence-corrected chi connectivity index (χ2v) is 9.01. The number of rotatable bonds is 5. The van der Waals surface area contributed by atoms with E-state index < -0.39 is 12.0 Å². The van der Waals surface area contributed by atoms with Gasteiger partial charge in [0.2, 0.25) is 0 Å². The van der Waals surface area contributed by atoms with Crippen LogP contribution in [-0.2, 0) is 9.53 Å². The van der Waals surface area contributed by atoms with Gasteiger partial charge >= 0.3 is 5.97 Å². The van der Waals surface area contributed by atoms with Crippen LogP contribution < -0.4 is 19.6 Å². The molecule has 1 aromatic heterocycles. The van der Waals surface area contributed by atoms with Gasteiger partial charge in [0.1, 0.15) is 5.75 Å². The number of methoxy groups -OCH3 is 1. The Morgan fingerprint density at radius 2 is 1.94 bits per heavy atom. The Bertz CT molecular complexity index is 1440. The van der Waals surface area contributed by atoms with E-state index in [4.69, 9.17) is 32.7 Å². The first-order valence-corrected chi connectivity index (χ1v) is 11.7. The molecule has 2 heterocycles. The van der Waals surface area contributed by atoms with Crippen LogP contribution in [0.1, 0.15) is 31.0 Å². The average Bonchev–Trinajstić information content (AvgIpc) is 3.10. The molecule has 2 aromatic carbocycles. The summed E-state index contributed by atoms with van der Waals surface area (Å²) in [5.74, 6) is 0.159. The number of nitrogens with zero attached hydrogens (tertiary/aromatic N) is 2. The second kappa shape index (κ2) is 9.55. The van der Waals surface area contributed by atoms with Crippen LogP contribution in [0.15, 0.2) is 63.5 Å². The van der Waals surface area contributed by atoms with Gasteiger partial charge in [-0.15, -0.1) is 0 Å². The van der Waals surface area contributed by atoms with Crippen LogP contribution in [-0.4, -0.2) is 24.3 Å².